The van der Waals surface area contributed by atoms with E-state index in [0.717, 1.165) is 77.0 Å². The van der Waals surface area contributed by atoms with E-state index in [1.165, 1.54) is 173 Å². The lowest BCUT2D eigenvalue weighted by atomic mass is 9.99. The Labute approximate surface area is 484 Å². The quantitative estimate of drug-likeness (QED) is 0.0149. The van der Waals surface area contributed by atoms with Crippen LogP contribution in [-0.2, 0) is 23.8 Å². The normalized spacial score (nSPS) is 19.2. The first-order chi connectivity index (χ1) is 38.7. The van der Waals surface area contributed by atoms with Gasteiger partial charge in [0.15, 0.2) is 12.4 Å². The lowest BCUT2D eigenvalue weighted by molar-refractivity contribution is -0.305. The van der Waals surface area contributed by atoms with Gasteiger partial charge in [-0.25, -0.2) is 0 Å². The summed E-state index contributed by atoms with van der Waals surface area (Å²) >= 11 is 0. The van der Waals surface area contributed by atoms with Gasteiger partial charge in [-0.05, 0) is 70.6 Å². The zero-order valence-corrected chi connectivity index (χ0v) is 51.0. The Morgan fingerprint density at radius 2 is 0.924 bits per heavy atom. The first kappa shape index (κ1) is 74.4. The molecule has 1 rings (SSSR count). The standard InChI is InChI=1S/C68H123NO10/c1-4-7-10-13-16-19-22-25-26-27-28-29-30-31-32-33-34-35-38-40-43-46-49-52-55-61(72)67(76)69-59(60(71)54-51-48-45-42-39-36-23-20-17-14-11-8-5-2)58-77-68-66(65(75)64(74)62(57-70)78-68)79-63(73)56-53-50-47-44-41-37-24-21-18-15-12-9-6-3/h9,12,15,18,21,24-26,51,54,59-62,64-66,68,70-72,74-75H,4-8,10-11,13-14,16-17,19-20,22-23,27-50,52-53,55-58H2,1-3H3,(H,69,76)/b12-9+,18-15+,24-21-,26-25+,54-51+. The van der Waals surface area contributed by atoms with Gasteiger partial charge in [0.25, 0.3) is 0 Å². The van der Waals surface area contributed by atoms with Crippen molar-refractivity contribution in [2.75, 3.05) is 13.2 Å². The SMILES string of the molecule is CC/C=C/C=C/C=C\CCCCCCCC(=O)OC1C(OCC(NC(=O)C(O)CCCCCCCCCCCCCCCC/C=C/CCCCCCCC)C(O)/C=C/CCCCCCCCCCCCC)OC(CO)C(O)C1O. The summed E-state index contributed by atoms with van der Waals surface area (Å²) in [6.45, 7) is 5.66. The van der Waals surface area contributed by atoms with Crippen LogP contribution in [0.3, 0.4) is 0 Å². The number of aliphatic hydroxyl groups excluding tert-OH is 5. The molecule has 1 aliphatic rings. The smallest absolute Gasteiger partial charge is 0.306 e. The lowest BCUT2D eigenvalue weighted by Gasteiger charge is -2.41. The predicted octanol–water partition coefficient (Wildman–Crippen LogP) is 16.2. The van der Waals surface area contributed by atoms with Crippen molar-refractivity contribution in [1.29, 1.82) is 0 Å². The average molecular weight is 1110 g/mol. The first-order valence-corrected chi connectivity index (χ1v) is 33.1. The minimum Gasteiger partial charge on any atom is -0.454 e. The molecule has 1 heterocycles. The number of carbonyl (C=O) groups is 2. The maximum atomic E-state index is 13.5. The van der Waals surface area contributed by atoms with Crippen molar-refractivity contribution in [2.45, 2.75) is 346 Å². The number of rotatable bonds is 56. The molecule has 79 heavy (non-hydrogen) atoms. The fourth-order valence-corrected chi connectivity index (χ4v) is 10.2. The molecule has 1 amide bonds. The van der Waals surface area contributed by atoms with Gasteiger partial charge in [-0.2, -0.15) is 0 Å². The Kier molecular flexibility index (Phi) is 52.6. The van der Waals surface area contributed by atoms with Crippen LogP contribution >= 0.6 is 0 Å². The van der Waals surface area contributed by atoms with E-state index in [9.17, 15) is 35.1 Å². The summed E-state index contributed by atoms with van der Waals surface area (Å²) in [6, 6.07) is -1.03. The van der Waals surface area contributed by atoms with Crippen molar-refractivity contribution in [2.24, 2.45) is 0 Å². The lowest BCUT2D eigenvalue weighted by Crippen LogP contribution is -2.61. The second-order valence-electron chi connectivity index (χ2n) is 22.9. The number of amides is 1. The van der Waals surface area contributed by atoms with Gasteiger partial charge in [0.2, 0.25) is 5.91 Å². The molecule has 6 N–H and O–H groups in total. The average Bonchev–Trinajstić information content (AvgIpc) is 3.49. The number of esters is 1. The second-order valence-corrected chi connectivity index (χ2v) is 22.9. The molecule has 460 valence electrons. The van der Waals surface area contributed by atoms with E-state index in [4.69, 9.17) is 14.2 Å². The van der Waals surface area contributed by atoms with Gasteiger partial charge in [0, 0.05) is 6.42 Å². The second kappa shape index (κ2) is 55.9. The molecule has 0 aliphatic carbocycles. The van der Waals surface area contributed by atoms with Crippen LogP contribution in [0.5, 0.6) is 0 Å². The molecule has 11 heteroatoms. The Morgan fingerprint density at radius 1 is 0.506 bits per heavy atom. The van der Waals surface area contributed by atoms with Crippen LogP contribution in [0.2, 0.25) is 0 Å². The fourth-order valence-electron chi connectivity index (χ4n) is 10.2. The molecule has 8 atom stereocenters. The summed E-state index contributed by atoms with van der Waals surface area (Å²) in [4.78, 5) is 26.6. The first-order valence-electron chi connectivity index (χ1n) is 33.1. The fraction of sp³-hybridized carbons (Fsp3) is 0.824. The van der Waals surface area contributed by atoms with Crippen molar-refractivity contribution in [1.82, 2.24) is 5.32 Å². The van der Waals surface area contributed by atoms with Crippen LogP contribution in [0.15, 0.2) is 60.8 Å². The summed E-state index contributed by atoms with van der Waals surface area (Å²) < 4.78 is 17.6. The maximum absolute atomic E-state index is 13.5. The van der Waals surface area contributed by atoms with Crippen molar-refractivity contribution >= 4 is 11.9 Å². The third-order valence-corrected chi connectivity index (χ3v) is 15.5. The van der Waals surface area contributed by atoms with E-state index >= 15 is 0 Å². The summed E-state index contributed by atoms with van der Waals surface area (Å²) in [6.07, 6.45) is 59.9. The van der Waals surface area contributed by atoms with Crippen LogP contribution in [0.1, 0.15) is 297 Å². The van der Waals surface area contributed by atoms with Crippen LogP contribution < -0.4 is 5.32 Å². The highest BCUT2D eigenvalue weighted by Gasteiger charge is 2.47. The zero-order chi connectivity index (χ0) is 57.5. The molecule has 8 unspecified atom stereocenters. The van der Waals surface area contributed by atoms with Gasteiger partial charge in [-0.1, -0.05) is 281 Å². The molecule has 0 spiro atoms. The Balaban J connectivity index is 2.61. The number of ether oxygens (including phenoxy) is 3. The van der Waals surface area contributed by atoms with E-state index in [-0.39, 0.29) is 13.0 Å². The Hall–Kier alpha value is -2.64. The van der Waals surface area contributed by atoms with E-state index in [0.29, 0.717) is 19.3 Å². The molecule has 0 aromatic carbocycles. The molecular weight excluding hydrogens is 991 g/mol. The van der Waals surface area contributed by atoms with Crippen molar-refractivity contribution in [3.8, 4) is 0 Å². The molecule has 1 aliphatic heterocycles. The van der Waals surface area contributed by atoms with Crippen molar-refractivity contribution in [3.05, 3.63) is 60.8 Å². The predicted molar refractivity (Wildman–Crippen MR) is 329 cm³/mol. The molecule has 0 radical (unpaired) electrons. The molecule has 1 saturated heterocycles. The van der Waals surface area contributed by atoms with Gasteiger partial charge in [-0.3, -0.25) is 9.59 Å². The van der Waals surface area contributed by atoms with E-state index in [1.54, 1.807) is 6.08 Å². The van der Waals surface area contributed by atoms with E-state index in [1.807, 2.05) is 24.3 Å². The van der Waals surface area contributed by atoms with Gasteiger partial charge >= 0.3 is 5.97 Å². The summed E-state index contributed by atoms with van der Waals surface area (Å²) in [5.74, 6) is -1.21. The highest BCUT2D eigenvalue weighted by molar-refractivity contribution is 5.80. The zero-order valence-electron chi connectivity index (χ0n) is 51.0. The van der Waals surface area contributed by atoms with Crippen LogP contribution in [0.25, 0.3) is 0 Å². The number of hydrogen-bond donors (Lipinski definition) is 6. The topological polar surface area (TPSA) is 175 Å². The summed E-state index contributed by atoms with van der Waals surface area (Å²) in [5, 5.41) is 57.1. The summed E-state index contributed by atoms with van der Waals surface area (Å²) in [7, 11) is 0. The highest BCUT2D eigenvalue weighted by Crippen LogP contribution is 2.26. The van der Waals surface area contributed by atoms with Crippen LogP contribution in [-0.4, -0.2) is 99.6 Å². The third kappa shape index (κ3) is 43.7. The monoisotopic (exact) mass is 1110 g/mol. The molecule has 1 fully saturated rings. The Bertz CT molecular complexity index is 1510. The van der Waals surface area contributed by atoms with E-state index in [2.05, 4.69) is 56.5 Å². The Morgan fingerprint density at radius 3 is 1.39 bits per heavy atom. The molecule has 0 aromatic heterocycles. The van der Waals surface area contributed by atoms with Crippen LogP contribution in [0, 0.1) is 0 Å². The molecule has 0 aromatic rings. The third-order valence-electron chi connectivity index (χ3n) is 15.5. The minimum atomic E-state index is -1.62. The number of allylic oxidation sites excluding steroid dienone is 9. The maximum Gasteiger partial charge on any atom is 0.306 e. The van der Waals surface area contributed by atoms with Gasteiger partial charge in [-0.15, -0.1) is 0 Å². The number of unbranched alkanes of at least 4 members (excludes halogenated alkanes) is 36. The van der Waals surface area contributed by atoms with Crippen LogP contribution in [0.4, 0.5) is 0 Å². The van der Waals surface area contributed by atoms with Gasteiger partial charge in [0.05, 0.1) is 25.4 Å². The van der Waals surface area contributed by atoms with E-state index < -0.39 is 67.4 Å². The number of nitrogens with one attached hydrogen (secondary N) is 1. The van der Waals surface area contributed by atoms with Crippen molar-refractivity contribution < 1.29 is 49.3 Å². The highest BCUT2D eigenvalue weighted by atomic mass is 16.7. The number of aliphatic hydroxyl groups is 5. The minimum absolute atomic E-state index is 0.100. The van der Waals surface area contributed by atoms with Gasteiger partial charge in [0.1, 0.15) is 24.4 Å². The number of carbonyl (C=O) groups excluding carboxylic acids is 2. The summed E-state index contributed by atoms with van der Waals surface area (Å²) in [5.41, 5.74) is 0. The van der Waals surface area contributed by atoms with Crippen molar-refractivity contribution in [3.63, 3.8) is 0 Å². The largest absolute Gasteiger partial charge is 0.454 e. The molecule has 11 nitrogen and oxygen atoms in total. The van der Waals surface area contributed by atoms with Gasteiger partial charge < -0.3 is 45.1 Å². The molecule has 0 bridgehead atoms. The molecule has 0 saturated carbocycles. The molecular formula is C68H123NO10. The number of hydrogen-bond acceptors (Lipinski definition) is 10.